The van der Waals surface area contributed by atoms with Crippen molar-refractivity contribution in [2.75, 3.05) is 19.6 Å². The highest BCUT2D eigenvalue weighted by Crippen LogP contribution is 2.30. The highest BCUT2D eigenvalue weighted by Gasteiger charge is 2.17. The van der Waals surface area contributed by atoms with E-state index in [1.54, 1.807) is 6.08 Å². The Morgan fingerprint density at radius 1 is 1.21 bits per heavy atom. The van der Waals surface area contributed by atoms with Gasteiger partial charge in [0, 0.05) is 13.1 Å². The minimum atomic E-state index is -0.589. The summed E-state index contributed by atoms with van der Waals surface area (Å²) in [5.74, 6) is 0.511. The molecule has 156 valence electrons. The van der Waals surface area contributed by atoms with Crippen LogP contribution in [0.25, 0.3) is 5.57 Å². The van der Waals surface area contributed by atoms with Crippen molar-refractivity contribution in [2.24, 2.45) is 5.92 Å². The molecule has 1 aliphatic rings. The minimum Gasteiger partial charge on any atom is -0.375 e. The molecule has 0 amide bonds. The lowest BCUT2D eigenvalue weighted by molar-refractivity contribution is -0.100. The topological polar surface area (TPSA) is 55.7 Å². The molecule has 0 bridgehead atoms. The zero-order valence-corrected chi connectivity index (χ0v) is 17.4. The lowest BCUT2D eigenvalue weighted by Crippen LogP contribution is -2.29. The zero-order chi connectivity index (χ0) is 20.0. The van der Waals surface area contributed by atoms with Crippen molar-refractivity contribution in [3.63, 3.8) is 0 Å². The van der Waals surface area contributed by atoms with Crippen LogP contribution in [0, 0.1) is 5.92 Å². The third kappa shape index (κ3) is 9.16. The summed E-state index contributed by atoms with van der Waals surface area (Å²) in [5, 5.41) is 24.6. The predicted octanol–water partition coefficient (Wildman–Crippen LogP) is 5.00. The van der Waals surface area contributed by atoms with Crippen molar-refractivity contribution in [3.8, 4) is 0 Å². The monoisotopic (exact) mass is 386 g/mol. The van der Waals surface area contributed by atoms with Gasteiger partial charge in [-0.25, -0.2) is 0 Å². The molecule has 0 heterocycles. The Hall–Kier alpha value is -1.46. The molecule has 2 rings (SSSR count). The highest BCUT2D eigenvalue weighted by atomic mass is 16.5. The fourth-order valence-corrected chi connectivity index (χ4v) is 3.68. The Bertz CT molecular complexity index is 586. The Morgan fingerprint density at radius 2 is 2.04 bits per heavy atom. The first-order valence-electron chi connectivity index (χ1n) is 11.0. The van der Waals surface area contributed by atoms with Crippen LogP contribution in [0.1, 0.15) is 63.9 Å². The van der Waals surface area contributed by atoms with Crippen LogP contribution < -0.4 is 5.32 Å². The van der Waals surface area contributed by atoms with Crippen LogP contribution in [0.3, 0.4) is 0 Å². The molecule has 1 aromatic carbocycles. The molecule has 0 fully saturated rings. The number of allylic oxidation sites excluding steroid dienone is 2. The smallest absolute Gasteiger partial charge is 0.124 e. The molecule has 0 saturated heterocycles. The first-order chi connectivity index (χ1) is 13.7. The molecule has 2 unspecified atom stereocenters. The molecular weight excluding hydrogens is 348 g/mol. The van der Waals surface area contributed by atoms with Gasteiger partial charge in [0.05, 0.1) is 0 Å². The minimum absolute atomic E-state index is 0.511. The summed E-state index contributed by atoms with van der Waals surface area (Å²) in [5.41, 5.74) is 2.75. The Labute approximate surface area is 170 Å². The van der Waals surface area contributed by atoms with Gasteiger partial charge in [-0.2, -0.15) is 5.06 Å². The number of hydrogen-bond donors (Lipinski definition) is 3. The standard InChI is InChI=1S/C24H38N2O2/c1-2-3-4-9-18-25-24(27)13-8-10-19-26(28)20-21-14-16-23(17-15-21)22-11-6-5-7-12-22/h5-8,11-13,16,21,24-25,27-28H,2-4,9-10,14-15,17-20H2,1H3. The molecule has 4 heteroatoms. The van der Waals surface area contributed by atoms with Crippen LogP contribution >= 0.6 is 0 Å². The second-order valence-corrected chi connectivity index (χ2v) is 7.82. The van der Waals surface area contributed by atoms with Crippen LogP contribution in [0.15, 0.2) is 48.6 Å². The summed E-state index contributed by atoms with van der Waals surface area (Å²) in [6.45, 7) is 4.36. The van der Waals surface area contributed by atoms with Gasteiger partial charge < -0.3 is 10.3 Å². The summed E-state index contributed by atoms with van der Waals surface area (Å²) in [4.78, 5) is 0. The number of aliphatic hydroxyl groups excluding tert-OH is 1. The van der Waals surface area contributed by atoms with Gasteiger partial charge in [-0.05, 0) is 61.8 Å². The lowest BCUT2D eigenvalue weighted by Gasteiger charge is -2.25. The van der Waals surface area contributed by atoms with E-state index in [1.165, 1.54) is 35.5 Å². The van der Waals surface area contributed by atoms with Crippen molar-refractivity contribution in [3.05, 3.63) is 54.1 Å². The van der Waals surface area contributed by atoms with E-state index in [-0.39, 0.29) is 0 Å². The average Bonchev–Trinajstić information content (AvgIpc) is 2.72. The van der Waals surface area contributed by atoms with Crippen molar-refractivity contribution in [1.29, 1.82) is 0 Å². The highest BCUT2D eigenvalue weighted by molar-refractivity contribution is 5.66. The Morgan fingerprint density at radius 3 is 2.75 bits per heavy atom. The number of nitrogens with zero attached hydrogens (tertiary/aromatic N) is 1. The molecule has 0 radical (unpaired) electrons. The van der Waals surface area contributed by atoms with Gasteiger partial charge in [0.15, 0.2) is 0 Å². The van der Waals surface area contributed by atoms with E-state index >= 15 is 0 Å². The molecule has 28 heavy (non-hydrogen) atoms. The molecule has 0 aromatic heterocycles. The molecule has 0 spiro atoms. The maximum Gasteiger partial charge on any atom is 0.124 e. The van der Waals surface area contributed by atoms with Gasteiger partial charge in [-0.1, -0.05) is 68.7 Å². The summed E-state index contributed by atoms with van der Waals surface area (Å²) in [6, 6.07) is 10.6. The molecule has 0 saturated carbocycles. The van der Waals surface area contributed by atoms with E-state index in [2.05, 4.69) is 48.6 Å². The van der Waals surface area contributed by atoms with Crippen molar-refractivity contribution in [1.82, 2.24) is 10.4 Å². The number of hydrogen-bond acceptors (Lipinski definition) is 4. The van der Waals surface area contributed by atoms with E-state index in [0.717, 1.165) is 38.6 Å². The van der Waals surface area contributed by atoms with E-state index < -0.39 is 6.23 Å². The van der Waals surface area contributed by atoms with Crippen LogP contribution in [-0.2, 0) is 0 Å². The molecule has 3 N–H and O–H groups in total. The number of hydroxylamine groups is 2. The number of nitrogens with one attached hydrogen (secondary N) is 1. The maximum absolute atomic E-state index is 10.2. The summed E-state index contributed by atoms with van der Waals surface area (Å²) in [6.07, 6.45) is 14.2. The third-order valence-electron chi connectivity index (χ3n) is 5.39. The predicted molar refractivity (Wildman–Crippen MR) is 117 cm³/mol. The quantitative estimate of drug-likeness (QED) is 0.193. The Kier molecular flexibility index (Phi) is 11.1. The molecule has 2 atom stereocenters. The average molecular weight is 387 g/mol. The first kappa shape index (κ1) is 22.8. The van der Waals surface area contributed by atoms with Crippen LogP contribution in [0.2, 0.25) is 0 Å². The first-order valence-corrected chi connectivity index (χ1v) is 11.0. The van der Waals surface area contributed by atoms with Crippen molar-refractivity contribution in [2.45, 2.75) is 64.5 Å². The van der Waals surface area contributed by atoms with E-state index in [4.69, 9.17) is 0 Å². The van der Waals surface area contributed by atoms with Gasteiger partial charge in [-0.15, -0.1) is 0 Å². The van der Waals surface area contributed by atoms with Gasteiger partial charge in [-0.3, -0.25) is 5.32 Å². The Balaban J connectivity index is 1.57. The molecule has 1 aliphatic carbocycles. The lowest BCUT2D eigenvalue weighted by atomic mass is 9.86. The maximum atomic E-state index is 10.2. The third-order valence-corrected chi connectivity index (χ3v) is 5.39. The second-order valence-electron chi connectivity index (χ2n) is 7.82. The van der Waals surface area contributed by atoms with E-state index in [1.807, 2.05) is 6.08 Å². The fourth-order valence-electron chi connectivity index (χ4n) is 3.68. The van der Waals surface area contributed by atoms with Crippen LogP contribution in [0.4, 0.5) is 0 Å². The summed E-state index contributed by atoms with van der Waals surface area (Å²) in [7, 11) is 0. The molecule has 1 aromatic rings. The van der Waals surface area contributed by atoms with Crippen LogP contribution in [0.5, 0.6) is 0 Å². The largest absolute Gasteiger partial charge is 0.375 e. The number of rotatable bonds is 13. The number of benzene rings is 1. The zero-order valence-electron chi connectivity index (χ0n) is 17.4. The normalized spacial score (nSPS) is 18.6. The summed E-state index contributed by atoms with van der Waals surface area (Å²) < 4.78 is 0. The molecule has 0 aliphatic heterocycles. The van der Waals surface area contributed by atoms with Crippen molar-refractivity contribution < 1.29 is 10.3 Å². The molecular formula is C24H38N2O2. The fraction of sp³-hybridized carbons (Fsp3) is 0.583. The van der Waals surface area contributed by atoms with Gasteiger partial charge in [0.1, 0.15) is 6.23 Å². The van der Waals surface area contributed by atoms with E-state index in [9.17, 15) is 10.3 Å². The van der Waals surface area contributed by atoms with Crippen molar-refractivity contribution >= 4 is 5.57 Å². The van der Waals surface area contributed by atoms with Gasteiger partial charge >= 0.3 is 0 Å². The SMILES string of the molecule is CCCCCCNC(O)C=CCCN(O)CC1CC=C(c2ccccc2)CC1. The van der Waals surface area contributed by atoms with Crippen LogP contribution in [-0.4, -0.2) is 41.2 Å². The second kappa shape index (κ2) is 13.7. The summed E-state index contributed by atoms with van der Waals surface area (Å²) >= 11 is 0. The van der Waals surface area contributed by atoms with Gasteiger partial charge in [0.25, 0.3) is 0 Å². The number of unbranched alkanes of at least 4 members (excludes halogenated alkanes) is 3. The van der Waals surface area contributed by atoms with Gasteiger partial charge in [0.2, 0.25) is 0 Å². The molecule has 4 nitrogen and oxygen atoms in total. The van der Waals surface area contributed by atoms with E-state index in [0.29, 0.717) is 19.0 Å². The number of aliphatic hydroxyl groups is 1.